The molecule has 0 saturated heterocycles. The van der Waals surface area contributed by atoms with Crippen molar-refractivity contribution in [1.82, 2.24) is 4.57 Å². The highest BCUT2D eigenvalue weighted by Gasteiger charge is 2.33. The third kappa shape index (κ3) is 5.46. The Morgan fingerprint density at radius 1 is 1.03 bits per heavy atom. The van der Waals surface area contributed by atoms with Gasteiger partial charge in [-0.15, -0.1) is 0 Å². The van der Waals surface area contributed by atoms with Crippen molar-refractivity contribution in [3.05, 3.63) is 134 Å². The summed E-state index contributed by atoms with van der Waals surface area (Å²) in [4.78, 5) is 32.1. The van der Waals surface area contributed by atoms with Gasteiger partial charge in [0.1, 0.15) is 23.9 Å². The van der Waals surface area contributed by atoms with E-state index in [4.69, 9.17) is 14.2 Å². The van der Waals surface area contributed by atoms with Crippen LogP contribution in [0.2, 0.25) is 0 Å². The molecule has 0 aliphatic carbocycles. The average molecular weight is 539 g/mol. The fraction of sp³-hybridized carbons (Fsp3) is 0.129. The van der Waals surface area contributed by atoms with Crippen LogP contribution < -0.4 is 24.4 Å². The summed E-state index contributed by atoms with van der Waals surface area (Å²) in [6.07, 6.45) is 3.31. The first kappa shape index (κ1) is 25.9. The first-order valence-electron chi connectivity index (χ1n) is 12.3. The fourth-order valence-corrected chi connectivity index (χ4v) is 5.39. The maximum atomic E-state index is 13.8. The van der Waals surface area contributed by atoms with Crippen molar-refractivity contribution in [3.8, 4) is 17.2 Å². The number of carbonyl (C=O) groups is 1. The van der Waals surface area contributed by atoms with Gasteiger partial charge in [-0.25, -0.2) is 9.79 Å². The highest BCUT2D eigenvalue weighted by atomic mass is 32.1. The molecule has 0 bridgehead atoms. The topological polar surface area (TPSA) is 79.1 Å². The van der Waals surface area contributed by atoms with Crippen molar-refractivity contribution in [1.29, 1.82) is 0 Å². The van der Waals surface area contributed by atoms with Crippen molar-refractivity contribution >= 4 is 23.4 Å². The molecular weight excluding hydrogens is 512 g/mol. The largest absolute Gasteiger partial charge is 0.497 e. The van der Waals surface area contributed by atoms with Gasteiger partial charge in [0.25, 0.3) is 5.56 Å². The van der Waals surface area contributed by atoms with Gasteiger partial charge in [-0.3, -0.25) is 9.36 Å². The van der Waals surface area contributed by atoms with E-state index >= 15 is 0 Å². The van der Waals surface area contributed by atoms with Crippen LogP contribution in [-0.2, 0) is 9.53 Å². The van der Waals surface area contributed by atoms with Gasteiger partial charge in [-0.2, -0.15) is 0 Å². The summed E-state index contributed by atoms with van der Waals surface area (Å²) in [5.41, 5.74) is 2.09. The molecule has 8 heteroatoms. The first-order valence-corrected chi connectivity index (χ1v) is 13.1. The number of benzene rings is 3. The number of nitrogens with zero attached hydrogens (tertiary/aromatic N) is 2. The zero-order valence-electron chi connectivity index (χ0n) is 21.5. The summed E-state index contributed by atoms with van der Waals surface area (Å²) < 4.78 is 18.7. The molecule has 0 amide bonds. The van der Waals surface area contributed by atoms with E-state index in [1.807, 2.05) is 72.8 Å². The molecule has 2 heterocycles. The van der Waals surface area contributed by atoms with Gasteiger partial charge in [-0.05, 0) is 60.5 Å². The number of aromatic nitrogens is 1. The van der Waals surface area contributed by atoms with Crippen LogP contribution in [-0.4, -0.2) is 24.3 Å². The third-order valence-electron chi connectivity index (χ3n) is 6.14. The second kappa shape index (κ2) is 11.4. The van der Waals surface area contributed by atoms with Crippen molar-refractivity contribution < 1.29 is 19.0 Å². The van der Waals surface area contributed by atoms with Crippen LogP contribution in [0, 0.1) is 0 Å². The molecule has 3 aromatic carbocycles. The summed E-state index contributed by atoms with van der Waals surface area (Å²) in [5, 5.41) is 0. The number of methoxy groups -OCH3 is 1. The Morgan fingerprint density at radius 3 is 2.49 bits per heavy atom. The SMILES string of the molecule is C=CCOC(=O)C1=C(C)N=c2s/c(=C\c3cccc(Oc4ccccc4)c3)c(=O)n2[C@@H]1c1ccc(OC)cc1. The van der Waals surface area contributed by atoms with Crippen molar-refractivity contribution in [3.63, 3.8) is 0 Å². The quantitative estimate of drug-likeness (QED) is 0.239. The minimum atomic E-state index is -0.709. The number of thiazole rings is 1. The number of carbonyl (C=O) groups excluding carboxylic acids is 1. The molecule has 0 spiro atoms. The summed E-state index contributed by atoms with van der Waals surface area (Å²) in [6.45, 7) is 5.42. The lowest BCUT2D eigenvalue weighted by Gasteiger charge is -2.24. The van der Waals surface area contributed by atoms with E-state index in [0.717, 1.165) is 16.9 Å². The van der Waals surface area contributed by atoms with E-state index in [9.17, 15) is 9.59 Å². The Morgan fingerprint density at radius 2 is 1.77 bits per heavy atom. The number of esters is 1. The van der Waals surface area contributed by atoms with Crippen LogP contribution in [0.3, 0.4) is 0 Å². The van der Waals surface area contributed by atoms with E-state index in [2.05, 4.69) is 11.6 Å². The zero-order chi connectivity index (χ0) is 27.4. The van der Waals surface area contributed by atoms with Crippen molar-refractivity contribution in [2.45, 2.75) is 13.0 Å². The molecule has 196 valence electrons. The number of hydrogen-bond acceptors (Lipinski definition) is 7. The molecule has 0 radical (unpaired) electrons. The van der Waals surface area contributed by atoms with Crippen LogP contribution in [0.15, 0.2) is 113 Å². The minimum absolute atomic E-state index is 0.0523. The van der Waals surface area contributed by atoms with E-state index < -0.39 is 12.0 Å². The number of para-hydroxylation sites is 1. The second-order valence-electron chi connectivity index (χ2n) is 8.73. The van der Waals surface area contributed by atoms with Crippen LogP contribution in [0.5, 0.6) is 17.2 Å². The van der Waals surface area contributed by atoms with E-state index in [-0.39, 0.29) is 12.2 Å². The van der Waals surface area contributed by atoms with E-state index in [1.165, 1.54) is 17.4 Å². The number of fused-ring (bicyclic) bond motifs is 1. The molecule has 1 atom stereocenters. The van der Waals surface area contributed by atoms with E-state index in [0.29, 0.717) is 32.1 Å². The maximum absolute atomic E-state index is 13.8. The van der Waals surface area contributed by atoms with Gasteiger partial charge in [0.05, 0.1) is 29.0 Å². The van der Waals surface area contributed by atoms with Crippen LogP contribution in [0.1, 0.15) is 24.1 Å². The lowest BCUT2D eigenvalue weighted by atomic mass is 9.96. The molecule has 5 rings (SSSR count). The number of rotatable bonds is 8. The Kier molecular flexibility index (Phi) is 7.56. The van der Waals surface area contributed by atoms with Crippen molar-refractivity contribution in [2.24, 2.45) is 4.99 Å². The highest BCUT2D eigenvalue weighted by Crippen LogP contribution is 2.31. The molecule has 1 aliphatic heterocycles. The normalized spacial score (nSPS) is 14.8. The van der Waals surface area contributed by atoms with Gasteiger partial charge in [0.15, 0.2) is 4.80 Å². The molecule has 39 heavy (non-hydrogen) atoms. The molecule has 0 fully saturated rings. The van der Waals surface area contributed by atoms with E-state index in [1.54, 1.807) is 30.7 Å². The Balaban J connectivity index is 1.60. The maximum Gasteiger partial charge on any atom is 0.338 e. The lowest BCUT2D eigenvalue weighted by molar-refractivity contribution is -0.138. The molecule has 7 nitrogen and oxygen atoms in total. The average Bonchev–Trinajstić information content (AvgIpc) is 3.25. The van der Waals surface area contributed by atoms with Crippen molar-refractivity contribution in [2.75, 3.05) is 13.7 Å². The molecule has 1 aliphatic rings. The van der Waals surface area contributed by atoms with Gasteiger partial charge in [-0.1, -0.05) is 66.5 Å². The van der Waals surface area contributed by atoms with Crippen LogP contribution in [0.25, 0.3) is 6.08 Å². The molecule has 0 N–H and O–H groups in total. The zero-order valence-corrected chi connectivity index (χ0v) is 22.3. The monoisotopic (exact) mass is 538 g/mol. The van der Waals surface area contributed by atoms with Gasteiger partial charge in [0.2, 0.25) is 0 Å². The minimum Gasteiger partial charge on any atom is -0.497 e. The second-order valence-corrected chi connectivity index (χ2v) is 9.74. The summed E-state index contributed by atoms with van der Waals surface area (Å²) in [5.74, 6) is 1.50. The Hall–Kier alpha value is -4.69. The highest BCUT2D eigenvalue weighted by molar-refractivity contribution is 7.07. The Labute approximate surface area is 229 Å². The van der Waals surface area contributed by atoms with Gasteiger partial charge in [0, 0.05) is 0 Å². The number of hydrogen-bond donors (Lipinski definition) is 0. The van der Waals surface area contributed by atoms with Crippen LogP contribution >= 0.6 is 11.3 Å². The summed E-state index contributed by atoms with van der Waals surface area (Å²) in [6, 6.07) is 23.6. The molecule has 4 aromatic rings. The number of allylic oxidation sites excluding steroid dienone is 1. The molecule has 0 unspecified atom stereocenters. The third-order valence-corrected chi connectivity index (χ3v) is 7.12. The predicted octanol–water partition coefficient (Wildman–Crippen LogP) is 4.77. The molecule has 0 saturated carbocycles. The van der Waals surface area contributed by atoms with Gasteiger partial charge < -0.3 is 14.2 Å². The molecule has 1 aromatic heterocycles. The van der Waals surface area contributed by atoms with Crippen LogP contribution in [0.4, 0.5) is 0 Å². The smallest absolute Gasteiger partial charge is 0.338 e. The predicted molar refractivity (Wildman–Crippen MR) is 151 cm³/mol. The summed E-state index contributed by atoms with van der Waals surface area (Å²) >= 11 is 1.27. The first-order chi connectivity index (χ1) is 19.0. The van der Waals surface area contributed by atoms with Gasteiger partial charge >= 0.3 is 5.97 Å². The Bertz CT molecular complexity index is 1730. The lowest BCUT2D eigenvalue weighted by Crippen LogP contribution is -2.39. The summed E-state index contributed by atoms with van der Waals surface area (Å²) in [7, 11) is 1.58. The molecular formula is C31H26N2O5S. The number of ether oxygens (including phenoxy) is 3. The fourth-order valence-electron chi connectivity index (χ4n) is 4.34. The standard InChI is InChI=1S/C31H26N2O5S/c1-4-17-37-30(35)27-20(2)32-31-33(28(27)22-13-15-23(36-3)16-14-22)29(34)26(39-31)19-21-9-8-12-25(18-21)38-24-10-6-5-7-11-24/h4-16,18-19,28H,1,17H2,2-3H3/b26-19-/t28-/m1/s1.